The van der Waals surface area contributed by atoms with Gasteiger partial charge in [-0.2, -0.15) is 5.10 Å². The molecule has 0 saturated heterocycles. The number of nitrogens with two attached hydrogens (primary N) is 2. The molecular weight excluding hydrogens is 358 g/mol. The van der Waals surface area contributed by atoms with Crippen molar-refractivity contribution >= 4 is 39.1 Å². The number of methoxy groups -OCH3 is 1. The Morgan fingerprint density at radius 1 is 1.31 bits per heavy atom. The summed E-state index contributed by atoms with van der Waals surface area (Å²) < 4.78 is 7.58. The molecule has 11 heteroatoms. The fourth-order valence-electron chi connectivity index (χ4n) is 2.11. The van der Waals surface area contributed by atoms with E-state index in [1.165, 1.54) is 22.2 Å². The smallest absolute Gasteiger partial charge is 0.251 e. The van der Waals surface area contributed by atoms with Gasteiger partial charge in [0.1, 0.15) is 5.52 Å². The maximum Gasteiger partial charge on any atom is 0.251 e. The topological polar surface area (TPSA) is 142 Å². The molecule has 10 nitrogen and oxygen atoms in total. The van der Waals surface area contributed by atoms with E-state index in [2.05, 4.69) is 15.1 Å². The summed E-state index contributed by atoms with van der Waals surface area (Å²) in [6.07, 6.45) is 4.66. The summed E-state index contributed by atoms with van der Waals surface area (Å²) in [6, 6.07) is 0. The number of amides is 2. The summed E-state index contributed by atoms with van der Waals surface area (Å²) in [6.45, 7) is 0.140. The molecule has 138 valence electrons. The van der Waals surface area contributed by atoms with Crippen LogP contribution in [0.4, 0.5) is 5.69 Å². The van der Waals surface area contributed by atoms with Crippen molar-refractivity contribution in [2.75, 3.05) is 25.6 Å². The molecule has 3 heterocycles. The lowest BCUT2D eigenvalue weighted by Crippen LogP contribution is -2.30. The van der Waals surface area contributed by atoms with Gasteiger partial charge in [-0.15, -0.1) is 11.3 Å². The SMILES string of the molecule is COc1ncc(N(C)CC(N)=O)c2scnc12.Cn1cc(C(N)=O)cn1. The zero-order valence-corrected chi connectivity index (χ0v) is 15.4. The number of likely N-dealkylation sites (N-methyl/N-ethyl adjacent to an activating group) is 1. The molecule has 0 aliphatic carbocycles. The molecule has 0 radical (unpaired) electrons. The second-order valence-electron chi connectivity index (χ2n) is 5.27. The molecule has 3 rings (SSSR count). The quantitative estimate of drug-likeness (QED) is 0.644. The first-order valence-corrected chi connectivity index (χ1v) is 8.25. The number of rotatable bonds is 5. The number of carbonyl (C=O) groups is 2. The van der Waals surface area contributed by atoms with Crippen LogP contribution in [0.5, 0.6) is 5.88 Å². The van der Waals surface area contributed by atoms with Crippen molar-refractivity contribution in [3.05, 3.63) is 29.7 Å². The molecule has 0 unspecified atom stereocenters. The van der Waals surface area contributed by atoms with Crippen LogP contribution in [0.2, 0.25) is 0 Å². The summed E-state index contributed by atoms with van der Waals surface area (Å²) >= 11 is 1.47. The van der Waals surface area contributed by atoms with Crippen LogP contribution in [-0.2, 0) is 11.8 Å². The molecule has 0 aliphatic heterocycles. The fourth-order valence-corrected chi connectivity index (χ4v) is 2.95. The standard InChI is InChI=1S/C10H12N4O2S.C5H7N3O/c1-14(4-7(11)15)6-3-12-10(16-2)8-9(6)17-5-13-8;1-8-3-4(2-7-8)5(6)9/h3,5H,4H2,1-2H3,(H2,11,15);2-3H,1H3,(H2,6,9). The summed E-state index contributed by atoms with van der Waals surface area (Å²) in [7, 11) is 5.06. The highest BCUT2D eigenvalue weighted by Crippen LogP contribution is 2.33. The number of aryl methyl sites for hydroxylation is 1. The first kappa shape index (κ1) is 19.1. The van der Waals surface area contributed by atoms with Crippen LogP contribution in [0, 0.1) is 0 Å². The lowest BCUT2D eigenvalue weighted by atomic mass is 10.3. The van der Waals surface area contributed by atoms with E-state index in [1.54, 1.807) is 44.0 Å². The predicted molar refractivity (Wildman–Crippen MR) is 98.2 cm³/mol. The van der Waals surface area contributed by atoms with E-state index >= 15 is 0 Å². The molecule has 0 bridgehead atoms. The van der Waals surface area contributed by atoms with Gasteiger partial charge in [0, 0.05) is 20.3 Å². The van der Waals surface area contributed by atoms with E-state index in [-0.39, 0.29) is 12.5 Å². The zero-order valence-electron chi connectivity index (χ0n) is 14.5. The van der Waals surface area contributed by atoms with Crippen molar-refractivity contribution in [2.45, 2.75) is 0 Å². The Kier molecular flexibility index (Phi) is 6.07. The van der Waals surface area contributed by atoms with E-state index in [0.717, 1.165) is 10.4 Å². The lowest BCUT2D eigenvalue weighted by molar-refractivity contribution is -0.116. The van der Waals surface area contributed by atoms with Crippen molar-refractivity contribution in [1.29, 1.82) is 0 Å². The highest BCUT2D eigenvalue weighted by molar-refractivity contribution is 7.17. The molecule has 0 saturated carbocycles. The second-order valence-corrected chi connectivity index (χ2v) is 6.13. The fraction of sp³-hybridized carbons (Fsp3) is 0.267. The number of hydrogen-bond acceptors (Lipinski definition) is 8. The third-order valence-electron chi connectivity index (χ3n) is 3.29. The Labute approximate surface area is 153 Å². The lowest BCUT2D eigenvalue weighted by Gasteiger charge is -2.17. The molecule has 0 fully saturated rings. The van der Waals surface area contributed by atoms with Crippen LogP contribution in [0.15, 0.2) is 24.1 Å². The minimum absolute atomic E-state index is 0.140. The number of aromatic nitrogens is 4. The summed E-state index contributed by atoms with van der Waals surface area (Å²) in [5, 5.41) is 3.75. The molecule has 0 spiro atoms. The van der Waals surface area contributed by atoms with Gasteiger partial charge in [-0.3, -0.25) is 14.3 Å². The molecule has 0 atom stereocenters. The minimum atomic E-state index is -0.442. The van der Waals surface area contributed by atoms with Crippen LogP contribution in [0.1, 0.15) is 10.4 Å². The second kappa shape index (κ2) is 8.25. The van der Waals surface area contributed by atoms with E-state index in [0.29, 0.717) is 17.0 Å². The first-order chi connectivity index (χ1) is 12.3. The monoisotopic (exact) mass is 377 g/mol. The number of nitrogens with zero attached hydrogens (tertiary/aromatic N) is 5. The Hall–Kier alpha value is -3.21. The summed E-state index contributed by atoms with van der Waals surface area (Å²) in [5.74, 6) is -0.346. The number of pyridine rings is 1. The molecule has 3 aromatic rings. The minimum Gasteiger partial charge on any atom is -0.479 e. The van der Waals surface area contributed by atoms with Gasteiger partial charge in [-0.1, -0.05) is 0 Å². The largest absolute Gasteiger partial charge is 0.479 e. The van der Waals surface area contributed by atoms with Crippen LogP contribution < -0.4 is 21.1 Å². The van der Waals surface area contributed by atoms with Gasteiger partial charge in [-0.25, -0.2) is 9.97 Å². The molecule has 3 aromatic heterocycles. The van der Waals surface area contributed by atoms with Crippen LogP contribution in [0.3, 0.4) is 0 Å². The Morgan fingerprint density at radius 2 is 2.04 bits per heavy atom. The number of primary amides is 2. The van der Waals surface area contributed by atoms with Crippen LogP contribution >= 0.6 is 11.3 Å². The van der Waals surface area contributed by atoms with E-state index in [4.69, 9.17) is 16.2 Å². The molecule has 26 heavy (non-hydrogen) atoms. The van der Waals surface area contributed by atoms with E-state index in [1.807, 2.05) is 0 Å². The average molecular weight is 377 g/mol. The highest BCUT2D eigenvalue weighted by Gasteiger charge is 2.14. The van der Waals surface area contributed by atoms with Gasteiger partial charge < -0.3 is 21.1 Å². The van der Waals surface area contributed by atoms with Crippen molar-refractivity contribution in [2.24, 2.45) is 18.5 Å². The van der Waals surface area contributed by atoms with Gasteiger partial charge in [0.25, 0.3) is 5.91 Å². The van der Waals surface area contributed by atoms with Gasteiger partial charge in [0.15, 0.2) is 0 Å². The maximum atomic E-state index is 10.9. The van der Waals surface area contributed by atoms with E-state index < -0.39 is 5.91 Å². The maximum absolute atomic E-state index is 10.9. The molecule has 0 aliphatic rings. The number of fused-ring (bicyclic) bond motifs is 1. The highest BCUT2D eigenvalue weighted by atomic mass is 32.1. The van der Waals surface area contributed by atoms with Crippen molar-refractivity contribution < 1.29 is 14.3 Å². The van der Waals surface area contributed by atoms with E-state index in [9.17, 15) is 9.59 Å². The molecule has 4 N–H and O–H groups in total. The van der Waals surface area contributed by atoms with Crippen molar-refractivity contribution in [3.63, 3.8) is 0 Å². The van der Waals surface area contributed by atoms with Gasteiger partial charge in [0.05, 0.1) is 47.5 Å². The summed E-state index contributed by atoms with van der Waals surface area (Å²) in [4.78, 5) is 31.4. The Balaban J connectivity index is 0.000000228. The normalized spacial score (nSPS) is 10.1. The first-order valence-electron chi connectivity index (χ1n) is 7.37. The third kappa shape index (κ3) is 4.45. The number of anilines is 1. The molecule has 0 aromatic carbocycles. The average Bonchev–Trinajstić information content (AvgIpc) is 3.22. The Bertz CT molecular complexity index is 921. The number of hydrogen-bond donors (Lipinski definition) is 2. The number of carbonyl (C=O) groups excluding carboxylic acids is 2. The number of ether oxygens (including phenoxy) is 1. The molecular formula is C15H19N7O3S. The third-order valence-corrected chi connectivity index (χ3v) is 4.14. The summed E-state index contributed by atoms with van der Waals surface area (Å²) in [5.41, 5.74) is 13.8. The van der Waals surface area contributed by atoms with Crippen LogP contribution in [-0.4, -0.2) is 52.3 Å². The van der Waals surface area contributed by atoms with Gasteiger partial charge in [0.2, 0.25) is 11.8 Å². The molecule has 2 amide bonds. The van der Waals surface area contributed by atoms with Gasteiger partial charge >= 0.3 is 0 Å². The number of thiazole rings is 1. The predicted octanol–water partition coefficient (Wildman–Crippen LogP) is 0.140. The Morgan fingerprint density at radius 3 is 2.54 bits per heavy atom. The zero-order chi connectivity index (χ0) is 19.3. The van der Waals surface area contributed by atoms with Crippen molar-refractivity contribution in [1.82, 2.24) is 19.7 Å². The van der Waals surface area contributed by atoms with Gasteiger partial charge in [-0.05, 0) is 0 Å². The van der Waals surface area contributed by atoms with Crippen LogP contribution in [0.25, 0.3) is 10.2 Å². The van der Waals surface area contributed by atoms with Crippen molar-refractivity contribution in [3.8, 4) is 5.88 Å².